The molecule has 0 saturated carbocycles. The monoisotopic (exact) mass is 372 g/mol. The third kappa shape index (κ3) is 5.14. The molecule has 0 radical (unpaired) electrons. The van der Waals surface area contributed by atoms with Crippen molar-refractivity contribution < 1.29 is 14.7 Å². The summed E-state index contributed by atoms with van der Waals surface area (Å²) >= 11 is 0. The zero-order valence-corrected chi connectivity index (χ0v) is 15.2. The van der Waals surface area contributed by atoms with Crippen molar-refractivity contribution in [2.75, 3.05) is 0 Å². The molecule has 0 aliphatic rings. The third-order valence-corrected chi connectivity index (χ3v) is 4.33. The highest BCUT2D eigenvalue weighted by atomic mass is 16.4. The Morgan fingerprint density at radius 2 is 1.54 bits per heavy atom. The highest BCUT2D eigenvalue weighted by molar-refractivity contribution is 5.96. The number of hydrogen-bond donors (Lipinski definition) is 2. The first-order valence-electron chi connectivity index (χ1n) is 8.92. The Bertz CT molecular complexity index is 980. The van der Waals surface area contributed by atoms with Crippen molar-refractivity contribution in [2.24, 2.45) is 5.10 Å². The minimum atomic E-state index is -0.982. The van der Waals surface area contributed by atoms with E-state index in [2.05, 4.69) is 22.7 Å². The average Bonchev–Trinajstić information content (AvgIpc) is 2.73. The SMILES string of the molecule is O=C(O)c1ccc(C=NNC(=O)c2ccccc2CCc2ccccc2)cc1. The highest BCUT2D eigenvalue weighted by Crippen LogP contribution is 2.13. The van der Waals surface area contributed by atoms with Crippen LogP contribution in [-0.2, 0) is 12.8 Å². The van der Waals surface area contributed by atoms with E-state index in [0.29, 0.717) is 11.1 Å². The second-order valence-corrected chi connectivity index (χ2v) is 6.27. The molecule has 0 aromatic heterocycles. The molecule has 3 aromatic carbocycles. The number of aryl methyl sites for hydroxylation is 2. The summed E-state index contributed by atoms with van der Waals surface area (Å²) in [5, 5.41) is 12.9. The van der Waals surface area contributed by atoms with Gasteiger partial charge in [0, 0.05) is 5.56 Å². The fourth-order valence-electron chi connectivity index (χ4n) is 2.82. The van der Waals surface area contributed by atoms with E-state index in [1.54, 1.807) is 18.2 Å². The van der Waals surface area contributed by atoms with Gasteiger partial charge in [-0.3, -0.25) is 4.79 Å². The van der Waals surface area contributed by atoms with E-state index in [0.717, 1.165) is 18.4 Å². The predicted octanol–water partition coefficient (Wildman–Crippen LogP) is 3.93. The van der Waals surface area contributed by atoms with Gasteiger partial charge in [0.05, 0.1) is 11.8 Å². The molecule has 3 rings (SSSR count). The lowest BCUT2D eigenvalue weighted by Gasteiger charge is -2.08. The van der Waals surface area contributed by atoms with E-state index in [1.165, 1.54) is 23.9 Å². The number of carboxylic acid groups (broad SMARTS) is 1. The Balaban J connectivity index is 1.63. The van der Waals surface area contributed by atoms with Crippen molar-refractivity contribution in [2.45, 2.75) is 12.8 Å². The van der Waals surface area contributed by atoms with E-state index in [1.807, 2.05) is 36.4 Å². The number of benzene rings is 3. The normalized spacial score (nSPS) is 10.7. The Labute approximate surface area is 163 Å². The first kappa shape index (κ1) is 19.0. The zero-order chi connectivity index (χ0) is 19.8. The first-order chi connectivity index (χ1) is 13.6. The van der Waals surface area contributed by atoms with Crippen LogP contribution in [0.25, 0.3) is 0 Å². The van der Waals surface area contributed by atoms with Gasteiger partial charge in [-0.05, 0) is 47.7 Å². The quantitative estimate of drug-likeness (QED) is 0.487. The number of nitrogens with one attached hydrogen (secondary N) is 1. The molecule has 5 heteroatoms. The van der Waals surface area contributed by atoms with Crippen LogP contribution in [0.4, 0.5) is 0 Å². The lowest BCUT2D eigenvalue weighted by Crippen LogP contribution is -2.19. The summed E-state index contributed by atoms with van der Waals surface area (Å²) in [6, 6.07) is 23.9. The second kappa shape index (κ2) is 9.28. The molecule has 0 bridgehead atoms. The topological polar surface area (TPSA) is 78.8 Å². The van der Waals surface area contributed by atoms with Crippen LogP contribution in [0, 0.1) is 0 Å². The van der Waals surface area contributed by atoms with Crippen molar-refractivity contribution in [3.8, 4) is 0 Å². The zero-order valence-electron chi connectivity index (χ0n) is 15.2. The molecule has 0 spiro atoms. The van der Waals surface area contributed by atoms with Crippen LogP contribution in [0.5, 0.6) is 0 Å². The number of rotatable bonds is 7. The van der Waals surface area contributed by atoms with Gasteiger partial charge in [-0.25, -0.2) is 10.2 Å². The number of nitrogens with zero attached hydrogens (tertiary/aromatic N) is 1. The van der Waals surface area contributed by atoms with Gasteiger partial charge >= 0.3 is 5.97 Å². The van der Waals surface area contributed by atoms with Gasteiger partial charge in [0.25, 0.3) is 5.91 Å². The van der Waals surface area contributed by atoms with Gasteiger partial charge in [-0.1, -0.05) is 60.7 Å². The fraction of sp³-hybridized carbons (Fsp3) is 0.0870. The Morgan fingerprint density at radius 1 is 0.857 bits per heavy atom. The molecule has 0 atom stereocenters. The molecule has 140 valence electrons. The third-order valence-electron chi connectivity index (χ3n) is 4.33. The van der Waals surface area contributed by atoms with E-state index >= 15 is 0 Å². The maximum absolute atomic E-state index is 12.5. The first-order valence-corrected chi connectivity index (χ1v) is 8.92. The van der Waals surface area contributed by atoms with Crippen molar-refractivity contribution in [3.05, 3.63) is 107 Å². The van der Waals surface area contributed by atoms with Crippen molar-refractivity contribution >= 4 is 18.1 Å². The average molecular weight is 372 g/mol. The standard InChI is InChI=1S/C23H20N2O3/c26-22(25-24-16-18-11-14-20(15-12-18)23(27)28)21-9-5-4-8-19(21)13-10-17-6-2-1-3-7-17/h1-9,11-12,14-16H,10,13H2,(H,25,26)(H,27,28). The van der Waals surface area contributed by atoms with Gasteiger partial charge in [0.1, 0.15) is 0 Å². The van der Waals surface area contributed by atoms with Crippen LogP contribution in [0.2, 0.25) is 0 Å². The largest absolute Gasteiger partial charge is 0.478 e. The van der Waals surface area contributed by atoms with Crippen LogP contribution in [0.1, 0.15) is 37.4 Å². The number of carbonyl (C=O) groups is 2. The molecule has 0 fully saturated rings. The molecule has 3 aromatic rings. The number of hydrogen-bond acceptors (Lipinski definition) is 3. The molecular formula is C23H20N2O3. The van der Waals surface area contributed by atoms with Crippen molar-refractivity contribution in [3.63, 3.8) is 0 Å². The summed E-state index contributed by atoms with van der Waals surface area (Å²) in [4.78, 5) is 23.4. The summed E-state index contributed by atoms with van der Waals surface area (Å²) in [5.74, 6) is -1.26. The molecule has 2 N–H and O–H groups in total. The molecule has 0 heterocycles. The van der Waals surface area contributed by atoms with Gasteiger partial charge < -0.3 is 5.11 Å². The van der Waals surface area contributed by atoms with Crippen LogP contribution in [0.3, 0.4) is 0 Å². The molecule has 0 aliphatic carbocycles. The smallest absolute Gasteiger partial charge is 0.335 e. The second-order valence-electron chi connectivity index (χ2n) is 6.27. The Morgan fingerprint density at radius 3 is 2.25 bits per heavy atom. The van der Waals surface area contributed by atoms with E-state index in [-0.39, 0.29) is 11.5 Å². The van der Waals surface area contributed by atoms with Crippen LogP contribution in [0.15, 0.2) is 84.0 Å². The predicted molar refractivity (Wildman–Crippen MR) is 109 cm³/mol. The summed E-state index contributed by atoms with van der Waals surface area (Å²) in [5.41, 5.74) is 6.22. The summed E-state index contributed by atoms with van der Waals surface area (Å²) in [7, 11) is 0. The number of aromatic carboxylic acids is 1. The van der Waals surface area contributed by atoms with Crippen molar-refractivity contribution in [1.82, 2.24) is 5.43 Å². The lowest BCUT2D eigenvalue weighted by molar-refractivity contribution is 0.0696. The maximum Gasteiger partial charge on any atom is 0.335 e. The minimum absolute atomic E-state index is 0.202. The fourth-order valence-corrected chi connectivity index (χ4v) is 2.82. The van der Waals surface area contributed by atoms with E-state index < -0.39 is 5.97 Å². The van der Waals surface area contributed by atoms with Crippen molar-refractivity contribution in [1.29, 1.82) is 0 Å². The molecule has 0 saturated heterocycles. The van der Waals surface area contributed by atoms with E-state index in [9.17, 15) is 9.59 Å². The molecule has 0 unspecified atom stereocenters. The number of amides is 1. The number of carboxylic acids is 1. The van der Waals surface area contributed by atoms with Gasteiger partial charge in [0.15, 0.2) is 0 Å². The van der Waals surface area contributed by atoms with Gasteiger partial charge in [0.2, 0.25) is 0 Å². The number of carbonyl (C=O) groups excluding carboxylic acids is 1. The molecular weight excluding hydrogens is 352 g/mol. The Kier molecular flexibility index (Phi) is 6.31. The summed E-state index contributed by atoms with van der Waals surface area (Å²) < 4.78 is 0. The minimum Gasteiger partial charge on any atom is -0.478 e. The molecule has 0 aliphatic heterocycles. The summed E-state index contributed by atoms with van der Waals surface area (Å²) in [6.45, 7) is 0. The molecule has 1 amide bonds. The Hall–Kier alpha value is -3.73. The van der Waals surface area contributed by atoms with Crippen LogP contribution < -0.4 is 5.43 Å². The number of hydrazone groups is 1. The van der Waals surface area contributed by atoms with Gasteiger partial charge in [-0.2, -0.15) is 5.10 Å². The summed E-state index contributed by atoms with van der Waals surface area (Å²) in [6.07, 6.45) is 3.09. The highest BCUT2D eigenvalue weighted by Gasteiger charge is 2.10. The van der Waals surface area contributed by atoms with Crippen LogP contribution >= 0.6 is 0 Å². The molecule has 5 nitrogen and oxygen atoms in total. The van der Waals surface area contributed by atoms with Crippen LogP contribution in [-0.4, -0.2) is 23.2 Å². The maximum atomic E-state index is 12.5. The molecule has 28 heavy (non-hydrogen) atoms. The van der Waals surface area contributed by atoms with E-state index in [4.69, 9.17) is 5.11 Å². The van der Waals surface area contributed by atoms with Gasteiger partial charge in [-0.15, -0.1) is 0 Å². The lowest BCUT2D eigenvalue weighted by atomic mass is 9.99.